The van der Waals surface area contributed by atoms with Crippen molar-refractivity contribution in [3.63, 3.8) is 0 Å². The molecule has 0 unspecified atom stereocenters. The van der Waals surface area contributed by atoms with Gasteiger partial charge >= 0.3 is 0 Å². The van der Waals surface area contributed by atoms with E-state index in [1.54, 1.807) is 24.3 Å². The van der Waals surface area contributed by atoms with Crippen LogP contribution in [0.15, 0.2) is 72.9 Å². The van der Waals surface area contributed by atoms with E-state index in [-0.39, 0.29) is 18.4 Å². The summed E-state index contributed by atoms with van der Waals surface area (Å²) in [6.07, 6.45) is 1.53. The lowest BCUT2D eigenvalue weighted by Gasteiger charge is -2.36. The Bertz CT molecular complexity index is 950. The lowest BCUT2D eigenvalue weighted by atomic mass is 10.0. The molecule has 1 N–H and O–H groups in total. The zero-order valence-electron chi connectivity index (χ0n) is 16.6. The van der Waals surface area contributed by atoms with Crippen LogP contribution in [0.1, 0.15) is 34.6 Å². The largest absolute Gasteiger partial charge is 0.491 e. The molecule has 150 valence electrons. The molecule has 0 bridgehead atoms. The van der Waals surface area contributed by atoms with Gasteiger partial charge in [-0.05, 0) is 43.3 Å². The van der Waals surface area contributed by atoms with Crippen molar-refractivity contribution in [2.45, 2.75) is 25.6 Å². The summed E-state index contributed by atoms with van der Waals surface area (Å²) in [5.41, 5.74) is 2.57. The number of aliphatic hydroxyl groups is 1. The molecule has 3 aromatic rings. The van der Waals surface area contributed by atoms with E-state index in [4.69, 9.17) is 4.74 Å². The summed E-state index contributed by atoms with van der Waals surface area (Å²) in [7, 11) is 0. The van der Waals surface area contributed by atoms with Gasteiger partial charge in [-0.3, -0.25) is 9.69 Å². The van der Waals surface area contributed by atoms with E-state index < -0.39 is 6.10 Å². The van der Waals surface area contributed by atoms with E-state index in [1.165, 1.54) is 5.69 Å². The van der Waals surface area contributed by atoms with E-state index in [1.807, 2.05) is 30.3 Å². The van der Waals surface area contributed by atoms with Gasteiger partial charge in [-0.15, -0.1) is 0 Å². The number of carbonyl (C=O) groups excluding carboxylic acids is 1. The first kappa shape index (κ1) is 19.4. The van der Waals surface area contributed by atoms with Crippen LogP contribution >= 0.6 is 0 Å². The van der Waals surface area contributed by atoms with E-state index in [2.05, 4.69) is 34.7 Å². The van der Waals surface area contributed by atoms with Crippen LogP contribution in [0.3, 0.4) is 0 Å². The minimum Gasteiger partial charge on any atom is -0.491 e. The summed E-state index contributed by atoms with van der Waals surface area (Å²) in [6.45, 7) is 4.81. The molecule has 0 saturated heterocycles. The van der Waals surface area contributed by atoms with Crippen LogP contribution in [-0.2, 0) is 6.54 Å². The Labute approximate surface area is 171 Å². The van der Waals surface area contributed by atoms with Gasteiger partial charge in [-0.2, -0.15) is 0 Å². The second-order valence-corrected chi connectivity index (χ2v) is 7.48. The normalized spacial score (nSPS) is 17.5. The van der Waals surface area contributed by atoms with Crippen molar-refractivity contribution in [3.8, 4) is 5.75 Å². The number of aromatic nitrogens is 1. The Hall–Kier alpha value is -2.89. The first-order valence-corrected chi connectivity index (χ1v) is 10.0. The first-order chi connectivity index (χ1) is 14.1. The molecule has 2 aromatic carbocycles. The van der Waals surface area contributed by atoms with Gasteiger partial charge in [0.15, 0.2) is 5.78 Å². The standard InChI is InChI=1S/C24H26N2O3/c1-18-23-8-5-13-25(23)14-15-26(18)16-21(27)17-29-22-11-9-20(10-12-22)24(28)19-6-3-2-4-7-19/h2-13,18,21,27H,14-17H2,1H3/t18-,21-/m0/s1. The maximum atomic E-state index is 12.5. The number of hydrogen-bond acceptors (Lipinski definition) is 4. The fourth-order valence-electron chi connectivity index (χ4n) is 3.85. The Balaban J connectivity index is 1.29. The predicted octanol–water partition coefficient (Wildman–Crippen LogP) is 3.54. The van der Waals surface area contributed by atoms with Gasteiger partial charge in [0.1, 0.15) is 18.5 Å². The van der Waals surface area contributed by atoms with Crippen LogP contribution in [-0.4, -0.2) is 46.2 Å². The van der Waals surface area contributed by atoms with Crippen LogP contribution < -0.4 is 4.74 Å². The number of carbonyl (C=O) groups is 1. The summed E-state index contributed by atoms with van der Waals surface area (Å²) in [6, 6.07) is 20.8. The lowest BCUT2D eigenvalue weighted by Crippen LogP contribution is -2.42. The summed E-state index contributed by atoms with van der Waals surface area (Å²) in [4.78, 5) is 14.7. The monoisotopic (exact) mass is 390 g/mol. The minimum absolute atomic E-state index is 0.0129. The first-order valence-electron chi connectivity index (χ1n) is 10.0. The number of fused-ring (bicyclic) bond motifs is 1. The third-order valence-electron chi connectivity index (χ3n) is 5.51. The number of ketones is 1. The maximum absolute atomic E-state index is 12.5. The van der Waals surface area contributed by atoms with Crippen molar-refractivity contribution in [1.82, 2.24) is 9.47 Å². The van der Waals surface area contributed by atoms with Crippen molar-refractivity contribution in [2.24, 2.45) is 0 Å². The molecule has 1 aromatic heterocycles. The van der Waals surface area contributed by atoms with Gasteiger partial charge in [-0.1, -0.05) is 30.3 Å². The molecule has 5 heteroatoms. The molecule has 0 fully saturated rings. The SMILES string of the molecule is C[C@H]1c2cccn2CCN1C[C@H](O)COc1ccc(C(=O)c2ccccc2)cc1. The van der Waals surface area contributed by atoms with Gasteiger partial charge < -0.3 is 14.4 Å². The fourth-order valence-corrected chi connectivity index (χ4v) is 3.85. The number of nitrogens with zero attached hydrogens (tertiary/aromatic N) is 2. The van der Waals surface area contributed by atoms with Gasteiger partial charge in [0.05, 0.1) is 0 Å². The molecule has 1 aliphatic heterocycles. The number of hydrogen-bond donors (Lipinski definition) is 1. The van der Waals surface area contributed by atoms with Crippen molar-refractivity contribution in [2.75, 3.05) is 19.7 Å². The van der Waals surface area contributed by atoms with Crippen LogP contribution in [0.5, 0.6) is 5.75 Å². The Kier molecular flexibility index (Phi) is 5.79. The second-order valence-electron chi connectivity index (χ2n) is 7.48. The third-order valence-corrected chi connectivity index (χ3v) is 5.51. The highest BCUT2D eigenvalue weighted by Crippen LogP contribution is 2.25. The Morgan fingerprint density at radius 1 is 1.03 bits per heavy atom. The molecule has 4 rings (SSSR count). The van der Waals surface area contributed by atoms with E-state index in [9.17, 15) is 9.90 Å². The number of rotatable bonds is 7. The molecule has 2 heterocycles. The molecule has 0 amide bonds. The number of benzene rings is 2. The summed E-state index contributed by atoms with van der Waals surface area (Å²) < 4.78 is 8.01. The average Bonchev–Trinajstić information content (AvgIpc) is 3.24. The van der Waals surface area contributed by atoms with Crippen LogP contribution in [0.2, 0.25) is 0 Å². The van der Waals surface area contributed by atoms with E-state index in [0.717, 1.165) is 13.1 Å². The van der Waals surface area contributed by atoms with E-state index in [0.29, 0.717) is 23.4 Å². The predicted molar refractivity (Wildman–Crippen MR) is 112 cm³/mol. The van der Waals surface area contributed by atoms with Crippen molar-refractivity contribution >= 4 is 5.78 Å². The van der Waals surface area contributed by atoms with Crippen molar-refractivity contribution < 1.29 is 14.6 Å². The molecule has 0 aliphatic carbocycles. The van der Waals surface area contributed by atoms with Gasteiger partial charge in [-0.25, -0.2) is 0 Å². The molecule has 0 spiro atoms. The highest BCUT2D eigenvalue weighted by atomic mass is 16.5. The average molecular weight is 390 g/mol. The number of ether oxygens (including phenoxy) is 1. The molecular formula is C24H26N2O3. The van der Waals surface area contributed by atoms with Crippen molar-refractivity contribution in [1.29, 1.82) is 0 Å². The number of β-amino-alcohol motifs (C(OH)–C–C–N with tert-alkyl or cyclic N) is 1. The maximum Gasteiger partial charge on any atom is 0.193 e. The summed E-state index contributed by atoms with van der Waals surface area (Å²) in [5.74, 6) is 0.634. The van der Waals surface area contributed by atoms with Crippen molar-refractivity contribution in [3.05, 3.63) is 89.7 Å². The molecular weight excluding hydrogens is 364 g/mol. The van der Waals surface area contributed by atoms with E-state index >= 15 is 0 Å². The minimum atomic E-state index is -0.579. The zero-order chi connectivity index (χ0) is 20.2. The molecule has 2 atom stereocenters. The highest BCUT2D eigenvalue weighted by molar-refractivity contribution is 6.08. The third kappa shape index (κ3) is 4.42. The Morgan fingerprint density at radius 2 is 1.76 bits per heavy atom. The number of aliphatic hydroxyl groups excluding tert-OH is 1. The molecule has 0 radical (unpaired) electrons. The van der Waals surface area contributed by atoms with Crippen LogP contribution in [0.4, 0.5) is 0 Å². The Morgan fingerprint density at radius 3 is 2.52 bits per heavy atom. The lowest BCUT2D eigenvalue weighted by molar-refractivity contribution is 0.0453. The molecule has 0 saturated carbocycles. The second kappa shape index (κ2) is 8.64. The molecule has 5 nitrogen and oxygen atoms in total. The fraction of sp³-hybridized carbons (Fsp3) is 0.292. The molecule has 29 heavy (non-hydrogen) atoms. The smallest absolute Gasteiger partial charge is 0.193 e. The van der Waals surface area contributed by atoms with Gasteiger partial charge in [0, 0.05) is 48.7 Å². The van der Waals surface area contributed by atoms with Crippen LogP contribution in [0.25, 0.3) is 0 Å². The van der Waals surface area contributed by atoms with Crippen LogP contribution in [0, 0.1) is 0 Å². The van der Waals surface area contributed by atoms with Gasteiger partial charge in [0.25, 0.3) is 0 Å². The molecule has 1 aliphatic rings. The topological polar surface area (TPSA) is 54.7 Å². The zero-order valence-corrected chi connectivity index (χ0v) is 16.6. The summed E-state index contributed by atoms with van der Waals surface area (Å²) >= 11 is 0. The summed E-state index contributed by atoms with van der Waals surface area (Å²) in [5, 5.41) is 10.4. The highest BCUT2D eigenvalue weighted by Gasteiger charge is 2.25. The quantitative estimate of drug-likeness (QED) is 0.627. The van der Waals surface area contributed by atoms with Gasteiger partial charge in [0.2, 0.25) is 0 Å².